The van der Waals surface area contributed by atoms with Crippen molar-refractivity contribution in [2.24, 2.45) is 0 Å². The second-order valence-corrected chi connectivity index (χ2v) is 4.56. The van der Waals surface area contributed by atoms with Crippen LogP contribution in [0.15, 0.2) is 11.2 Å². The number of nitrogens with zero attached hydrogens (tertiary/aromatic N) is 3. The molecule has 0 radical (unpaired) electrons. The summed E-state index contributed by atoms with van der Waals surface area (Å²) < 4.78 is 0. The highest BCUT2D eigenvalue weighted by Gasteiger charge is 2.12. The predicted octanol–water partition coefficient (Wildman–Crippen LogP) is 1.67. The number of thioether (sulfide) groups is 1. The van der Waals surface area contributed by atoms with E-state index in [-0.39, 0.29) is 11.2 Å². The van der Waals surface area contributed by atoms with Crippen molar-refractivity contribution in [1.29, 1.82) is 0 Å². The Morgan fingerprint density at radius 2 is 2.18 bits per heavy atom. The van der Waals surface area contributed by atoms with Gasteiger partial charge in [-0.15, -0.1) is 0 Å². The zero-order chi connectivity index (χ0) is 12.8. The van der Waals surface area contributed by atoms with Crippen molar-refractivity contribution in [2.75, 3.05) is 24.6 Å². The molecule has 0 aliphatic heterocycles. The van der Waals surface area contributed by atoms with Crippen molar-refractivity contribution < 1.29 is 4.79 Å². The van der Waals surface area contributed by atoms with Crippen LogP contribution in [0.2, 0.25) is 5.28 Å². The summed E-state index contributed by atoms with van der Waals surface area (Å²) in [6.45, 7) is 5.30. The monoisotopic (exact) mass is 274 g/mol. The van der Waals surface area contributed by atoms with Gasteiger partial charge in [-0.05, 0) is 25.4 Å². The van der Waals surface area contributed by atoms with E-state index in [0.29, 0.717) is 29.6 Å². The molecule has 1 aromatic heterocycles. The minimum absolute atomic E-state index is 0.0640. The lowest BCUT2D eigenvalue weighted by atomic mass is 10.5. The van der Waals surface area contributed by atoms with E-state index in [1.807, 2.05) is 13.8 Å². The van der Waals surface area contributed by atoms with Crippen LogP contribution in [0.1, 0.15) is 13.8 Å². The second-order valence-electron chi connectivity index (χ2n) is 3.25. The molecule has 5 nitrogen and oxygen atoms in total. The predicted molar refractivity (Wildman–Crippen MR) is 70.1 cm³/mol. The van der Waals surface area contributed by atoms with Gasteiger partial charge in [-0.2, -0.15) is 0 Å². The van der Waals surface area contributed by atoms with Crippen LogP contribution >= 0.6 is 23.4 Å². The highest BCUT2D eigenvalue weighted by molar-refractivity contribution is 8.00. The summed E-state index contributed by atoms with van der Waals surface area (Å²) >= 11 is 6.94. The molecule has 0 unspecified atom stereocenters. The van der Waals surface area contributed by atoms with Gasteiger partial charge in [0.1, 0.15) is 5.03 Å². The van der Waals surface area contributed by atoms with Crippen molar-refractivity contribution >= 4 is 35.0 Å². The van der Waals surface area contributed by atoms with Gasteiger partial charge in [0.25, 0.3) is 0 Å². The van der Waals surface area contributed by atoms with Gasteiger partial charge in [-0.1, -0.05) is 11.8 Å². The zero-order valence-corrected chi connectivity index (χ0v) is 11.4. The minimum Gasteiger partial charge on any atom is -0.395 e. The van der Waals surface area contributed by atoms with Gasteiger partial charge >= 0.3 is 0 Å². The molecule has 94 valence electrons. The summed E-state index contributed by atoms with van der Waals surface area (Å²) in [5.41, 5.74) is 6.12. The standard InChI is InChI=1S/C10H15ClN4OS/c1-3-15(4-2)8(16)6-17-9-7(12)5-13-10(11)14-9/h5H,3-4,6,12H2,1-2H3. The number of carbonyl (C=O) groups is 1. The molecule has 17 heavy (non-hydrogen) atoms. The van der Waals surface area contributed by atoms with E-state index >= 15 is 0 Å². The lowest BCUT2D eigenvalue weighted by Crippen LogP contribution is -2.31. The second kappa shape index (κ2) is 6.66. The summed E-state index contributed by atoms with van der Waals surface area (Å²) in [5.74, 6) is 0.369. The molecule has 0 bridgehead atoms. The maximum absolute atomic E-state index is 11.8. The van der Waals surface area contributed by atoms with Crippen LogP contribution in [0, 0.1) is 0 Å². The Hall–Kier alpha value is -1.01. The van der Waals surface area contributed by atoms with Gasteiger partial charge in [-0.3, -0.25) is 4.79 Å². The summed E-state index contributed by atoms with van der Waals surface area (Å²) in [6.07, 6.45) is 1.44. The number of nitrogen functional groups attached to an aromatic ring is 1. The molecule has 0 atom stereocenters. The fourth-order valence-corrected chi connectivity index (χ4v) is 2.27. The summed E-state index contributed by atoms with van der Waals surface area (Å²) in [5, 5.41) is 0.683. The third-order valence-electron chi connectivity index (χ3n) is 2.20. The summed E-state index contributed by atoms with van der Waals surface area (Å²) in [6, 6.07) is 0. The number of nitrogens with two attached hydrogens (primary N) is 1. The van der Waals surface area contributed by atoms with E-state index in [1.165, 1.54) is 18.0 Å². The first kappa shape index (κ1) is 14.1. The molecule has 0 fully saturated rings. The molecule has 7 heteroatoms. The lowest BCUT2D eigenvalue weighted by Gasteiger charge is -2.18. The molecular formula is C10H15ClN4OS. The van der Waals surface area contributed by atoms with E-state index in [2.05, 4.69) is 9.97 Å². The minimum atomic E-state index is 0.0640. The number of hydrogen-bond acceptors (Lipinski definition) is 5. The fourth-order valence-electron chi connectivity index (χ4n) is 1.27. The van der Waals surface area contributed by atoms with E-state index in [1.54, 1.807) is 4.90 Å². The molecular weight excluding hydrogens is 260 g/mol. The summed E-state index contributed by atoms with van der Waals surface area (Å²) in [4.78, 5) is 21.3. The van der Waals surface area contributed by atoms with E-state index in [4.69, 9.17) is 17.3 Å². The molecule has 0 spiro atoms. The molecule has 0 saturated carbocycles. The van der Waals surface area contributed by atoms with Crippen molar-refractivity contribution in [3.63, 3.8) is 0 Å². The number of aromatic nitrogens is 2. The molecule has 0 aliphatic carbocycles. The number of carbonyl (C=O) groups excluding carboxylic acids is 1. The number of amides is 1. The van der Waals surface area contributed by atoms with Crippen LogP contribution in [0.5, 0.6) is 0 Å². The van der Waals surface area contributed by atoms with Crippen molar-refractivity contribution in [2.45, 2.75) is 18.9 Å². The van der Waals surface area contributed by atoms with E-state index in [0.717, 1.165) is 0 Å². The number of halogens is 1. The quantitative estimate of drug-likeness (QED) is 0.502. The van der Waals surface area contributed by atoms with Gasteiger partial charge < -0.3 is 10.6 Å². The average molecular weight is 275 g/mol. The first-order valence-corrected chi connectivity index (χ1v) is 6.63. The third-order valence-corrected chi connectivity index (χ3v) is 3.37. The van der Waals surface area contributed by atoms with Crippen molar-refractivity contribution in [3.05, 3.63) is 11.5 Å². The molecule has 1 amide bonds. The van der Waals surface area contributed by atoms with Gasteiger partial charge in [0.05, 0.1) is 17.6 Å². The van der Waals surface area contributed by atoms with Gasteiger partial charge in [-0.25, -0.2) is 9.97 Å². The van der Waals surface area contributed by atoms with Crippen LogP contribution in [0.4, 0.5) is 5.69 Å². The Balaban J connectivity index is 2.61. The Morgan fingerprint density at radius 1 is 1.53 bits per heavy atom. The van der Waals surface area contributed by atoms with Gasteiger partial charge in [0.2, 0.25) is 11.2 Å². The molecule has 0 saturated heterocycles. The Kier molecular flexibility index (Phi) is 5.50. The Morgan fingerprint density at radius 3 is 2.76 bits per heavy atom. The molecule has 0 aliphatic rings. The number of rotatable bonds is 5. The largest absolute Gasteiger partial charge is 0.395 e. The average Bonchev–Trinajstić information content (AvgIpc) is 2.32. The molecule has 1 heterocycles. The zero-order valence-electron chi connectivity index (χ0n) is 9.81. The van der Waals surface area contributed by atoms with E-state index in [9.17, 15) is 4.79 Å². The number of hydrogen-bond donors (Lipinski definition) is 1. The van der Waals surface area contributed by atoms with Crippen molar-refractivity contribution in [1.82, 2.24) is 14.9 Å². The first-order chi connectivity index (χ1) is 8.08. The highest BCUT2D eigenvalue weighted by atomic mass is 35.5. The number of anilines is 1. The molecule has 2 N–H and O–H groups in total. The smallest absolute Gasteiger partial charge is 0.232 e. The van der Waals surface area contributed by atoms with Crippen molar-refractivity contribution in [3.8, 4) is 0 Å². The van der Waals surface area contributed by atoms with Gasteiger partial charge in [0, 0.05) is 13.1 Å². The molecule has 0 aromatic carbocycles. The van der Waals surface area contributed by atoms with Gasteiger partial charge in [0.15, 0.2) is 0 Å². The van der Waals surface area contributed by atoms with Crippen LogP contribution in [0.3, 0.4) is 0 Å². The molecule has 1 rings (SSSR count). The van der Waals surface area contributed by atoms with Crippen LogP contribution in [-0.4, -0.2) is 39.6 Å². The maximum Gasteiger partial charge on any atom is 0.232 e. The topological polar surface area (TPSA) is 72.1 Å². The third kappa shape index (κ3) is 4.05. The molecule has 1 aromatic rings. The normalized spacial score (nSPS) is 10.3. The van der Waals surface area contributed by atoms with Crippen LogP contribution < -0.4 is 5.73 Å². The highest BCUT2D eigenvalue weighted by Crippen LogP contribution is 2.23. The van der Waals surface area contributed by atoms with E-state index < -0.39 is 0 Å². The Bertz CT molecular complexity index is 398. The summed E-state index contributed by atoms with van der Waals surface area (Å²) in [7, 11) is 0. The van der Waals surface area contributed by atoms with Crippen LogP contribution in [0.25, 0.3) is 0 Å². The fraction of sp³-hybridized carbons (Fsp3) is 0.500. The maximum atomic E-state index is 11.8. The van der Waals surface area contributed by atoms with Crippen LogP contribution in [-0.2, 0) is 4.79 Å². The lowest BCUT2D eigenvalue weighted by molar-refractivity contribution is -0.127. The Labute approximate surface area is 110 Å². The first-order valence-electron chi connectivity index (χ1n) is 5.27. The SMILES string of the molecule is CCN(CC)C(=O)CSc1nc(Cl)ncc1N.